The Labute approximate surface area is 193 Å². The summed E-state index contributed by atoms with van der Waals surface area (Å²) in [5.74, 6) is -0.518. The molecule has 8 heteroatoms. The summed E-state index contributed by atoms with van der Waals surface area (Å²) in [5.41, 5.74) is 9.13. The topological polar surface area (TPSA) is 85.8 Å². The highest BCUT2D eigenvalue weighted by molar-refractivity contribution is 7.18. The molecular formula is C25H18FN5OS. The van der Waals surface area contributed by atoms with Gasteiger partial charge in [-0.25, -0.2) is 14.4 Å². The number of nitrogens with zero attached hydrogens (tertiary/aromatic N) is 3. The first kappa shape index (κ1) is 20.6. The first-order valence-electron chi connectivity index (χ1n) is 10.1. The van der Waals surface area contributed by atoms with Gasteiger partial charge >= 0.3 is 0 Å². The number of nitrogen functional groups attached to an aromatic ring is 1. The third-order valence-corrected chi connectivity index (χ3v) is 5.98. The van der Waals surface area contributed by atoms with Gasteiger partial charge < -0.3 is 11.1 Å². The number of para-hydroxylation sites is 1. The Balaban J connectivity index is 1.60. The quantitative estimate of drug-likeness (QED) is 0.321. The summed E-state index contributed by atoms with van der Waals surface area (Å²) in [7, 11) is 0. The monoisotopic (exact) mass is 455 g/mol. The van der Waals surface area contributed by atoms with Crippen LogP contribution in [0.3, 0.4) is 0 Å². The van der Waals surface area contributed by atoms with E-state index in [1.54, 1.807) is 12.1 Å². The van der Waals surface area contributed by atoms with Gasteiger partial charge in [0.2, 0.25) is 11.7 Å². The molecule has 5 aromatic rings. The van der Waals surface area contributed by atoms with Crippen LogP contribution in [0.2, 0.25) is 0 Å². The van der Waals surface area contributed by atoms with Crippen molar-refractivity contribution in [3.8, 4) is 16.9 Å². The lowest BCUT2D eigenvalue weighted by atomic mass is 10.1. The number of anilines is 3. The number of hydrogen-bond donors (Lipinski definition) is 2. The molecular weight excluding hydrogens is 437 g/mol. The molecule has 0 unspecified atom stereocenters. The largest absolute Gasteiger partial charge is 0.369 e. The fraction of sp³-hybridized carbons (Fsp3) is 0. The highest BCUT2D eigenvalue weighted by Crippen LogP contribution is 2.35. The van der Waals surface area contributed by atoms with Crippen molar-refractivity contribution >= 4 is 33.9 Å². The second-order valence-corrected chi connectivity index (χ2v) is 8.20. The van der Waals surface area contributed by atoms with Gasteiger partial charge in [0.05, 0.1) is 11.9 Å². The normalized spacial score (nSPS) is 10.8. The van der Waals surface area contributed by atoms with E-state index in [2.05, 4.69) is 10.3 Å². The molecule has 3 N–H and O–H groups in total. The smallest absolute Gasteiger partial charge is 0.223 e. The van der Waals surface area contributed by atoms with Crippen LogP contribution in [0, 0.1) is 5.82 Å². The van der Waals surface area contributed by atoms with Gasteiger partial charge in [-0.3, -0.25) is 9.36 Å². The first-order valence-corrected chi connectivity index (χ1v) is 10.9. The third kappa shape index (κ3) is 4.11. The Morgan fingerprint density at radius 3 is 2.30 bits per heavy atom. The van der Waals surface area contributed by atoms with Gasteiger partial charge in [-0.05, 0) is 36.4 Å². The maximum Gasteiger partial charge on any atom is 0.223 e. The molecule has 0 fully saturated rings. The molecule has 6 nitrogen and oxygen atoms in total. The number of nitrogens with one attached hydrogen (secondary N) is 1. The predicted molar refractivity (Wildman–Crippen MR) is 129 cm³/mol. The van der Waals surface area contributed by atoms with Crippen molar-refractivity contribution in [2.45, 2.75) is 0 Å². The van der Waals surface area contributed by atoms with E-state index in [4.69, 9.17) is 10.7 Å². The average Bonchev–Trinajstić information content (AvgIpc) is 3.44. The molecule has 3 aromatic carbocycles. The number of halogens is 1. The molecule has 0 saturated heterocycles. The van der Waals surface area contributed by atoms with Crippen molar-refractivity contribution in [1.82, 2.24) is 14.5 Å². The standard InChI is InChI=1S/C25H18FN5OS/c26-17-11-13-19(14-12-17)31-20(15-28-24(31)27)22(32)23-21(16-7-3-1-4-8-16)30-25(33-23)29-18-9-5-2-6-10-18/h1-15H,(H2,27,28)(H,29,30). The molecule has 0 saturated carbocycles. The second kappa shape index (κ2) is 8.68. The number of carbonyl (C=O) groups excluding carboxylic acids is 1. The minimum atomic E-state index is -0.379. The zero-order valence-corrected chi connectivity index (χ0v) is 18.1. The second-order valence-electron chi connectivity index (χ2n) is 7.20. The highest BCUT2D eigenvalue weighted by atomic mass is 32.1. The van der Waals surface area contributed by atoms with Crippen LogP contribution in [0.15, 0.2) is 91.1 Å². The number of imidazole rings is 1. The van der Waals surface area contributed by atoms with Gasteiger partial charge in [0.25, 0.3) is 0 Å². The molecule has 0 atom stereocenters. The zero-order chi connectivity index (χ0) is 22.8. The molecule has 2 heterocycles. The lowest BCUT2D eigenvalue weighted by Gasteiger charge is -2.09. The summed E-state index contributed by atoms with van der Waals surface area (Å²) in [5, 5.41) is 3.85. The summed E-state index contributed by atoms with van der Waals surface area (Å²) < 4.78 is 15.0. The van der Waals surface area contributed by atoms with Crippen LogP contribution in [0.1, 0.15) is 15.4 Å². The SMILES string of the molecule is Nc1ncc(C(=O)c2sc(Nc3ccccc3)nc2-c2ccccc2)n1-c1ccc(F)cc1. The van der Waals surface area contributed by atoms with Crippen LogP contribution in [-0.2, 0) is 0 Å². The van der Waals surface area contributed by atoms with Crippen LogP contribution in [0.4, 0.5) is 21.2 Å². The van der Waals surface area contributed by atoms with Gasteiger partial charge in [0.15, 0.2) is 5.13 Å². The molecule has 0 radical (unpaired) electrons. The fourth-order valence-electron chi connectivity index (χ4n) is 3.47. The van der Waals surface area contributed by atoms with Crippen molar-refractivity contribution in [1.29, 1.82) is 0 Å². The highest BCUT2D eigenvalue weighted by Gasteiger charge is 2.25. The number of hydrogen-bond acceptors (Lipinski definition) is 6. The number of nitrogens with two attached hydrogens (primary N) is 1. The Morgan fingerprint density at radius 1 is 0.939 bits per heavy atom. The molecule has 33 heavy (non-hydrogen) atoms. The number of aromatic nitrogens is 3. The minimum Gasteiger partial charge on any atom is -0.369 e. The Morgan fingerprint density at radius 2 is 1.61 bits per heavy atom. The maximum atomic E-state index is 13.7. The minimum absolute atomic E-state index is 0.137. The molecule has 0 bridgehead atoms. The molecule has 0 spiro atoms. The van der Waals surface area contributed by atoms with E-state index in [9.17, 15) is 9.18 Å². The zero-order valence-electron chi connectivity index (χ0n) is 17.3. The van der Waals surface area contributed by atoms with Crippen molar-refractivity contribution in [2.75, 3.05) is 11.1 Å². The molecule has 2 aromatic heterocycles. The number of ketones is 1. The van der Waals surface area contributed by atoms with Crippen LogP contribution in [-0.4, -0.2) is 20.3 Å². The van der Waals surface area contributed by atoms with E-state index in [-0.39, 0.29) is 23.2 Å². The summed E-state index contributed by atoms with van der Waals surface area (Å²) in [4.78, 5) is 23.0. The predicted octanol–water partition coefficient (Wildman–Crippen LogP) is 5.69. The summed E-state index contributed by atoms with van der Waals surface area (Å²) >= 11 is 1.25. The average molecular weight is 456 g/mol. The first-order chi connectivity index (χ1) is 16.1. The lowest BCUT2D eigenvalue weighted by molar-refractivity contribution is 0.103. The molecule has 0 aliphatic rings. The van der Waals surface area contributed by atoms with Crippen LogP contribution >= 0.6 is 11.3 Å². The van der Waals surface area contributed by atoms with Crippen LogP contribution in [0.5, 0.6) is 0 Å². The number of carbonyl (C=O) groups is 1. The summed E-state index contributed by atoms with van der Waals surface area (Å²) in [6, 6.07) is 24.9. The number of thiazole rings is 1. The third-order valence-electron chi connectivity index (χ3n) is 5.01. The molecule has 162 valence electrons. The lowest BCUT2D eigenvalue weighted by Crippen LogP contribution is -2.10. The van der Waals surface area contributed by atoms with Gasteiger partial charge in [-0.15, -0.1) is 0 Å². The molecule has 0 amide bonds. The van der Waals surface area contributed by atoms with Crippen molar-refractivity contribution in [2.24, 2.45) is 0 Å². The van der Waals surface area contributed by atoms with Crippen molar-refractivity contribution in [3.05, 3.63) is 108 Å². The fourth-order valence-corrected chi connectivity index (χ4v) is 4.42. The summed E-state index contributed by atoms with van der Waals surface area (Å²) in [6.07, 6.45) is 1.43. The van der Waals surface area contributed by atoms with Gasteiger partial charge in [0.1, 0.15) is 16.4 Å². The Bertz CT molecular complexity index is 1410. The summed E-state index contributed by atoms with van der Waals surface area (Å²) in [6.45, 7) is 0. The van der Waals surface area contributed by atoms with E-state index < -0.39 is 0 Å². The van der Waals surface area contributed by atoms with E-state index in [0.717, 1.165) is 11.3 Å². The van der Waals surface area contributed by atoms with Crippen LogP contribution < -0.4 is 11.1 Å². The molecule has 0 aliphatic carbocycles. The maximum absolute atomic E-state index is 13.7. The van der Waals surface area contributed by atoms with Crippen molar-refractivity contribution in [3.63, 3.8) is 0 Å². The Kier molecular flexibility index (Phi) is 5.42. The number of benzene rings is 3. The van der Waals surface area contributed by atoms with Gasteiger partial charge in [0, 0.05) is 16.9 Å². The van der Waals surface area contributed by atoms with Crippen molar-refractivity contribution < 1.29 is 9.18 Å². The van der Waals surface area contributed by atoms with E-state index >= 15 is 0 Å². The Hall–Kier alpha value is -4.30. The molecule has 0 aliphatic heterocycles. The molecule has 5 rings (SSSR count). The number of rotatable bonds is 6. The van der Waals surface area contributed by atoms with Gasteiger partial charge in [-0.1, -0.05) is 59.9 Å². The van der Waals surface area contributed by atoms with Crippen LogP contribution in [0.25, 0.3) is 16.9 Å². The van der Waals surface area contributed by atoms with E-state index in [1.165, 1.54) is 34.2 Å². The van der Waals surface area contributed by atoms with E-state index in [0.29, 0.717) is 21.4 Å². The van der Waals surface area contributed by atoms with Gasteiger partial charge in [-0.2, -0.15) is 0 Å². The van der Waals surface area contributed by atoms with E-state index in [1.807, 2.05) is 60.7 Å².